The van der Waals surface area contributed by atoms with Gasteiger partial charge in [-0.1, -0.05) is 60.7 Å². The van der Waals surface area contributed by atoms with E-state index in [4.69, 9.17) is 0 Å². The van der Waals surface area contributed by atoms with Crippen LogP contribution in [0.3, 0.4) is 0 Å². The van der Waals surface area contributed by atoms with E-state index in [1.165, 1.54) is 11.1 Å². The standard InChI is InChI=1S/C18H18N2S/c1-3-7-16(8-4-1)14-21-12-11-20-13-18(19-15-20)17-9-5-2-6-10-17/h1-10,13,15H,11-12,14H2. The summed E-state index contributed by atoms with van der Waals surface area (Å²) in [6, 6.07) is 20.9. The third-order valence-corrected chi connectivity index (χ3v) is 4.32. The van der Waals surface area contributed by atoms with E-state index in [0.29, 0.717) is 0 Å². The number of benzene rings is 2. The monoisotopic (exact) mass is 294 g/mol. The Morgan fingerprint density at radius 3 is 2.38 bits per heavy atom. The molecule has 3 aromatic rings. The summed E-state index contributed by atoms with van der Waals surface area (Å²) in [5.41, 5.74) is 3.61. The number of aryl methyl sites for hydroxylation is 1. The summed E-state index contributed by atoms with van der Waals surface area (Å²) >= 11 is 1.96. The molecule has 1 aromatic heterocycles. The first kappa shape index (κ1) is 14.0. The zero-order valence-corrected chi connectivity index (χ0v) is 12.7. The molecule has 0 radical (unpaired) electrons. The number of aromatic nitrogens is 2. The lowest BCUT2D eigenvalue weighted by molar-refractivity contribution is 0.770. The normalized spacial score (nSPS) is 10.7. The molecule has 0 unspecified atom stereocenters. The van der Waals surface area contributed by atoms with Gasteiger partial charge >= 0.3 is 0 Å². The summed E-state index contributed by atoms with van der Waals surface area (Å²) in [6.07, 6.45) is 4.05. The van der Waals surface area contributed by atoms with Crippen LogP contribution in [0.25, 0.3) is 11.3 Å². The maximum atomic E-state index is 4.48. The predicted molar refractivity (Wildman–Crippen MR) is 90.3 cm³/mol. The summed E-state index contributed by atoms with van der Waals surface area (Å²) in [7, 11) is 0. The average Bonchev–Trinajstić information content (AvgIpc) is 3.02. The van der Waals surface area contributed by atoms with Gasteiger partial charge in [0.1, 0.15) is 0 Å². The van der Waals surface area contributed by atoms with E-state index >= 15 is 0 Å². The van der Waals surface area contributed by atoms with Crippen molar-refractivity contribution < 1.29 is 0 Å². The van der Waals surface area contributed by atoms with Gasteiger partial charge in [0.2, 0.25) is 0 Å². The molecule has 0 aliphatic carbocycles. The molecule has 21 heavy (non-hydrogen) atoms. The summed E-state index contributed by atoms with van der Waals surface area (Å²) in [4.78, 5) is 4.48. The molecule has 3 heteroatoms. The van der Waals surface area contributed by atoms with Crippen molar-refractivity contribution in [3.8, 4) is 11.3 Å². The molecule has 0 atom stereocenters. The summed E-state index contributed by atoms with van der Waals surface area (Å²) in [6.45, 7) is 0.997. The molecule has 0 spiro atoms. The summed E-state index contributed by atoms with van der Waals surface area (Å²) < 4.78 is 2.17. The topological polar surface area (TPSA) is 17.8 Å². The molecule has 0 bridgehead atoms. The van der Waals surface area contributed by atoms with Gasteiger partial charge in [0.05, 0.1) is 12.0 Å². The van der Waals surface area contributed by atoms with Gasteiger partial charge in [0.25, 0.3) is 0 Å². The Labute approximate surface area is 129 Å². The number of hydrogen-bond acceptors (Lipinski definition) is 2. The van der Waals surface area contributed by atoms with E-state index in [1.54, 1.807) is 0 Å². The minimum atomic E-state index is 0.997. The SMILES string of the molecule is c1ccc(CSCCn2cnc(-c3ccccc3)c2)cc1. The molecule has 0 amide bonds. The van der Waals surface area contributed by atoms with Crippen molar-refractivity contribution >= 4 is 11.8 Å². The quantitative estimate of drug-likeness (QED) is 0.624. The Hall–Kier alpha value is -2.00. The van der Waals surface area contributed by atoms with Crippen LogP contribution in [0, 0.1) is 0 Å². The van der Waals surface area contributed by atoms with Crippen LogP contribution in [0.15, 0.2) is 73.2 Å². The van der Waals surface area contributed by atoms with Gasteiger partial charge in [-0.2, -0.15) is 11.8 Å². The Morgan fingerprint density at radius 2 is 1.62 bits per heavy atom. The van der Waals surface area contributed by atoms with Crippen LogP contribution < -0.4 is 0 Å². The van der Waals surface area contributed by atoms with E-state index in [2.05, 4.69) is 58.2 Å². The van der Waals surface area contributed by atoms with Crippen LogP contribution in [-0.4, -0.2) is 15.3 Å². The van der Waals surface area contributed by atoms with Gasteiger partial charge in [-0.15, -0.1) is 0 Å². The van der Waals surface area contributed by atoms with Crippen molar-refractivity contribution in [1.82, 2.24) is 9.55 Å². The van der Waals surface area contributed by atoms with Crippen LogP contribution >= 0.6 is 11.8 Å². The number of rotatable bonds is 6. The molecule has 3 rings (SSSR count). The summed E-state index contributed by atoms with van der Waals surface area (Å²) in [5.74, 6) is 2.17. The van der Waals surface area contributed by atoms with Gasteiger partial charge in [0.15, 0.2) is 0 Å². The fourth-order valence-electron chi connectivity index (χ4n) is 2.17. The van der Waals surface area contributed by atoms with Gasteiger partial charge in [-0.25, -0.2) is 4.98 Å². The highest BCUT2D eigenvalue weighted by molar-refractivity contribution is 7.98. The Balaban J connectivity index is 1.49. The molecule has 0 saturated carbocycles. The number of imidazole rings is 1. The average molecular weight is 294 g/mol. The Morgan fingerprint density at radius 1 is 0.905 bits per heavy atom. The zero-order chi connectivity index (χ0) is 14.3. The Kier molecular flexibility index (Phi) is 4.74. The van der Waals surface area contributed by atoms with Crippen LogP contribution in [-0.2, 0) is 12.3 Å². The van der Waals surface area contributed by atoms with Gasteiger partial charge in [-0.3, -0.25) is 0 Å². The first-order chi connectivity index (χ1) is 10.4. The van der Waals surface area contributed by atoms with E-state index in [1.807, 2.05) is 36.3 Å². The minimum absolute atomic E-state index is 0.997. The van der Waals surface area contributed by atoms with Crippen LogP contribution in [0.5, 0.6) is 0 Å². The second-order valence-corrected chi connectivity index (χ2v) is 6.01. The van der Waals surface area contributed by atoms with Gasteiger partial charge in [-0.05, 0) is 5.56 Å². The molecule has 0 saturated heterocycles. The fourth-order valence-corrected chi connectivity index (χ4v) is 3.09. The van der Waals surface area contributed by atoms with Crippen LogP contribution in [0.1, 0.15) is 5.56 Å². The van der Waals surface area contributed by atoms with Crippen molar-refractivity contribution in [2.24, 2.45) is 0 Å². The highest BCUT2D eigenvalue weighted by atomic mass is 32.2. The van der Waals surface area contributed by atoms with Crippen molar-refractivity contribution in [2.75, 3.05) is 5.75 Å². The molecular weight excluding hydrogens is 276 g/mol. The third-order valence-electron chi connectivity index (χ3n) is 3.31. The molecular formula is C18H18N2S. The lowest BCUT2D eigenvalue weighted by atomic mass is 10.2. The first-order valence-corrected chi connectivity index (χ1v) is 8.26. The molecule has 2 nitrogen and oxygen atoms in total. The second-order valence-electron chi connectivity index (χ2n) is 4.90. The highest BCUT2D eigenvalue weighted by Crippen LogP contribution is 2.17. The molecule has 0 aliphatic rings. The number of thioether (sulfide) groups is 1. The fraction of sp³-hybridized carbons (Fsp3) is 0.167. The van der Waals surface area contributed by atoms with Gasteiger partial charge < -0.3 is 4.57 Å². The second kappa shape index (κ2) is 7.14. The van der Waals surface area contributed by atoms with E-state index in [9.17, 15) is 0 Å². The highest BCUT2D eigenvalue weighted by Gasteiger charge is 2.01. The molecule has 0 aliphatic heterocycles. The number of nitrogens with zero attached hydrogens (tertiary/aromatic N) is 2. The third kappa shape index (κ3) is 3.99. The summed E-state index contributed by atoms with van der Waals surface area (Å²) in [5, 5.41) is 0. The maximum absolute atomic E-state index is 4.48. The smallest absolute Gasteiger partial charge is 0.0954 e. The van der Waals surface area contributed by atoms with Crippen LogP contribution in [0.2, 0.25) is 0 Å². The lowest BCUT2D eigenvalue weighted by Gasteiger charge is -2.03. The molecule has 0 N–H and O–H groups in total. The maximum Gasteiger partial charge on any atom is 0.0954 e. The van der Waals surface area contributed by atoms with Crippen molar-refractivity contribution in [3.05, 3.63) is 78.8 Å². The van der Waals surface area contributed by atoms with E-state index in [-0.39, 0.29) is 0 Å². The first-order valence-electron chi connectivity index (χ1n) is 7.11. The lowest BCUT2D eigenvalue weighted by Crippen LogP contribution is -1.97. The van der Waals surface area contributed by atoms with Crippen molar-refractivity contribution in [2.45, 2.75) is 12.3 Å². The van der Waals surface area contributed by atoms with Crippen molar-refractivity contribution in [1.29, 1.82) is 0 Å². The predicted octanol–water partition coefficient (Wildman–Crippen LogP) is 4.48. The van der Waals surface area contributed by atoms with E-state index in [0.717, 1.165) is 23.7 Å². The van der Waals surface area contributed by atoms with E-state index < -0.39 is 0 Å². The molecule has 0 fully saturated rings. The zero-order valence-electron chi connectivity index (χ0n) is 11.9. The van der Waals surface area contributed by atoms with Crippen LogP contribution in [0.4, 0.5) is 0 Å². The minimum Gasteiger partial charge on any atom is -0.336 e. The molecule has 1 heterocycles. The van der Waals surface area contributed by atoms with Crippen molar-refractivity contribution in [3.63, 3.8) is 0 Å². The Bertz CT molecular complexity index is 662. The van der Waals surface area contributed by atoms with Gasteiger partial charge in [0, 0.05) is 29.8 Å². The largest absolute Gasteiger partial charge is 0.336 e. The molecule has 2 aromatic carbocycles. The number of hydrogen-bond donors (Lipinski definition) is 0. The molecule has 106 valence electrons.